The van der Waals surface area contributed by atoms with Crippen molar-refractivity contribution in [1.29, 1.82) is 0 Å². The third-order valence-corrected chi connectivity index (χ3v) is 6.50. The predicted octanol–water partition coefficient (Wildman–Crippen LogP) is 6.27. The Kier molecular flexibility index (Phi) is 7.53. The van der Waals surface area contributed by atoms with Crippen molar-refractivity contribution in [3.05, 3.63) is 53.1 Å². The molecule has 0 heterocycles. The molecule has 0 radical (unpaired) electrons. The molecule has 0 aromatic heterocycles. The second-order valence-corrected chi connectivity index (χ2v) is 9.76. The molecule has 0 unspecified atom stereocenters. The van der Waals surface area contributed by atoms with Crippen molar-refractivity contribution < 1.29 is 23.7 Å². The van der Waals surface area contributed by atoms with E-state index >= 15 is 0 Å². The van der Waals surface area contributed by atoms with Gasteiger partial charge in [-0.25, -0.2) is 4.79 Å². The molecule has 5 heteroatoms. The van der Waals surface area contributed by atoms with Gasteiger partial charge in [-0.1, -0.05) is 33.8 Å². The molecule has 33 heavy (non-hydrogen) atoms. The maximum atomic E-state index is 11.8. The van der Waals surface area contributed by atoms with E-state index in [9.17, 15) is 4.79 Å². The zero-order valence-corrected chi connectivity index (χ0v) is 20.9. The van der Waals surface area contributed by atoms with Gasteiger partial charge in [0.2, 0.25) is 0 Å². The molecule has 0 fully saturated rings. The highest BCUT2D eigenvalue weighted by atomic mass is 16.7. The van der Waals surface area contributed by atoms with Crippen molar-refractivity contribution in [1.82, 2.24) is 0 Å². The van der Waals surface area contributed by atoms with Gasteiger partial charge >= 0.3 is 5.97 Å². The van der Waals surface area contributed by atoms with Gasteiger partial charge in [0.05, 0.1) is 13.7 Å². The van der Waals surface area contributed by atoms with Crippen LogP contribution >= 0.6 is 0 Å². The Hall–Kier alpha value is -2.79. The number of carbonyl (C=O) groups is 1. The van der Waals surface area contributed by atoms with Gasteiger partial charge in [-0.15, -0.1) is 0 Å². The highest BCUT2D eigenvalue weighted by Gasteiger charge is 2.38. The van der Waals surface area contributed by atoms with Crippen LogP contribution in [-0.4, -0.2) is 33.6 Å². The summed E-state index contributed by atoms with van der Waals surface area (Å²) in [5, 5.41) is 0. The van der Waals surface area contributed by atoms with Crippen molar-refractivity contribution in [3.8, 4) is 22.6 Å². The number of hydrogen-bond acceptors (Lipinski definition) is 5. The fourth-order valence-electron chi connectivity index (χ4n) is 4.44. The minimum absolute atomic E-state index is 0.0497. The molecule has 1 aliphatic carbocycles. The summed E-state index contributed by atoms with van der Waals surface area (Å²) in [6, 6.07) is 10.3. The first kappa shape index (κ1) is 24.8. The van der Waals surface area contributed by atoms with Crippen LogP contribution in [0.3, 0.4) is 0 Å². The summed E-state index contributed by atoms with van der Waals surface area (Å²) in [4.78, 5) is 11.8. The molecule has 2 aromatic rings. The number of rotatable bonds is 8. The van der Waals surface area contributed by atoms with Crippen molar-refractivity contribution in [2.24, 2.45) is 0 Å². The van der Waals surface area contributed by atoms with E-state index in [4.69, 9.17) is 18.9 Å². The molecule has 178 valence electrons. The van der Waals surface area contributed by atoms with Crippen LogP contribution < -0.4 is 9.47 Å². The number of fused-ring (bicyclic) bond motifs is 1. The average molecular weight is 453 g/mol. The second-order valence-electron chi connectivity index (χ2n) is 9.76. The Labute approximate surface area is 197 Å². The van der Waals surface area contributed by atoms with Crippen molar-refractivity contribution in [3.63, 3.8) is 0 Å². The van der Waals surface area contributed by atoms with E-state index in [0.29, 0.717) is 6.61 Å². The van der Waals surface area contributed by atoms with Crippen LogP contribution in [0.2, 0.25) is 0 Å². The molecule has 1 aliphatic rings. The average Bonchev–Trinajstić information content (AvgIpc) is 2.79. The molecule has 0 saturated heterocycles. The summed E-state index contributed by atoms with van der Waals surface area (Å²) in [5.74, 6) is 1.13. The molecule has 3 rings (SSSR count). The summed E-state index contributed by atoms with van der Waals surface area (Å²) < 4.78 is 22.0. The third-order valence-electron chi connectivity index (χ3n) is 6.50. The fourth-order valence-corrected chi connectivity index (χ4v) is 4.44. The predicted molar refractivity (Wildman–Crippen MR) is 132 cm³/mol. The van der Waals surface area contributed by atoms with E-state index in [1.165, 1.54) is 17.2 Å². The maximum absolute atomic E-state index is 11.8. The SMILES string of the molecule is CCOC(=O)C=Cc1ccc(OC)c(-c2cc3c(cc2OCOC)C(C)(C)CCC3(C)C)c1. The number of methoxy groups -OCH3 is 2. The van der Waals surface area contributed by atoms with Crippen molar-refractivity contribution in [2.75, 3.05) is 27.6 Å². The molecule has 0 saturated carbocycles. The lowest BCUT2D eigenvalue weighted by Gasteiger charge is -2.42. The minimum Gasteiger partial charge on any atom is -0.496 e. The van der Waals surface area contributed by atoms with E-state index in [2.05, 4.69) is 39.8 Å². The lowest BCUT2D eigenvalue weighted by molar-refractivity contribution is -0.137. The molecule has 5 nitrogen and oxygen atoms in total. The molecule has 0 amide bonds. The molecule has 0 aliphatic heterocycles. The molecule has 0 spiro atoms. The number of carbonyl (C=O) groups excluding carboxylic acids is 1. The standard InChI is InChI=1S/C28H36O5/c1-8-32-26(29)12-10-19-9-11-24(31-7)20(15-19)21-16-22-23(17-25(21)33-18-30-6)28(4,5)14-13-27(22,2)3/h9-12,15-17H,8,13-14,18H2,1-7H3. The van der Waals surface area contributed by atoms with Gasteiger partial charge in [0.25, 0.3) is 0 Å². The molecular weight excluding hydrogens is 416 g/mol. The quantitative estimate of drug-likeness (QED) is 0.268. The third kappa shape index (κ3) is 5.41. The Morgan fingerprint density at radius 1 is 0.939 bits per heavy atom. The Balaban J connectivity index is 2.20. The Morgan fingerprint density at radius 2 is 1.58 bits per heavy atom. The number of benzene rings is 2. The number of esters is 1. The lowest BCUT2D eigenvalue weighted by atomic mass is 9.62. The van der Waals surface area contributed by atoms with E-state index < -0.39 is 0 Å². The highest BCUT2D eigenvalue weighted by Crippen LogP contribution is 2.50. The largest absolute Gasteiger partial charge is 0.496 e. The smallest absolute Gasteiger partial charge is 0.330 e. The van der Waals surface area contributed by atoms with Crippen LogP contribution in [0.25, 0.3) is 17.2 Å². The van der Waals surface area contributed by atoms with E-state index in [0.717, 1.165) is 41.0 Å². The summed E-state index contributed by atoms with van der Waals surface area (Å²) >= 11 is 0. The van der Waals surface area contributed by atoms with Crippen molar-refractivity contribution in [2.45, 2.75) is 58.3 Å². The van der Waals surface area contributed by atoms with E-state index in [-0.39, 0.29) is 23.6 Å². The molecule has 0 atom stereocenters. The maximum Gasteiger partial charge on any atom is 0.330 e. The zero-order valence-electron chi connectivity index (χ0n) is 20.9. The molecular formula is C28H36O5. The summed E-state index contributed by atoms with van der Waals surface area (Å²) in [5.41, 5.74) is 5.46. The van der Waals surface area contributed by atoms with E-state index in [1.54, 1.807) is 27.2 Å². The van der Waals surface area contributed by atoms with Gasteiger partial charge in [0.15, 0.2) is 6.79 Å². The van der Waals surface area contributed by atoms with Crippen LogP contribution in [0.4, 0.5) is 0 Å². The minimum atomic E-state index is -0.364. The first-order valence-corrected chi connectivity index (χ1v) is 11.5. The van der Waals surface area contributed by atoms with Crippen LogP contribution in [0.1, 0.15) is 64.2 Å². The topological polar surface area (TPSA) is 54.0 Å². The van der Waals surface area contributed by atoms with Gasteiger partial charge in [0.1, 0.15) is 11.5 Å². The van der Waals surface area contributed by atoms with Crippen molar-refractivity contribution >= 4 is 12.0 Å². The molecule has 2 aromatic carbocycles. The number of ether oxygens (including phenoxy) is 4. The molecule has 0 N–H and O–H groups in total. The van der Waals surface area contributed by atoms with Crippen LogP contribution in [0.15, 0.2) is 36.4 Å². The number of hydrogen-bond donors (Lipinski definition) is 0. The van der Waals surface area contributed by atoms with Crippen LogP contribution in [0, 0.1) is 0 Å². The fraction of sp³-hybridized carbons (Fsp3) is 0.464. The normalized spacial score (nSPS) is 16.3. The summed E-state index contributed by atoms with van der Waals surface area (Å²) in [6.07, 6.45) is 5.43. The van der Waals surface area contributed by atoms with Gasteiger partial charge in [-0.3, -0.25) is 0 Å². The lowest BCUT2D eigenvalue weighted by Crippen LogP contribution is -2.34. The van der Waals surface area contributed by atoms with Crippen LogP contribution in [0.5, 0.6) is 11.5 Å². The zero-order chi connectivity index (χ0) is 24.2. The van der Waals surface area contributed by atoms with Gasteiger partial charge < -0.3 is 18.9 Å². The Bertz CT molecular complexity index is 1030. The highest BCUT2D eigenvalue weighted by molar-refractivity contribution is 5.88. The van der Waals surface area contributed by atoms with Gasteiger partial charge in [-0.05, 0) is 77.6 Å². The molecule has 0 bridgehead atoms. The summed E-state index contributed by atoms with van der Waals surface area (Å²) in [6.45, 7) is 11.5. The second kappa shape index (κ2) is 10.0. The first-order valence-electron chi connectivity index (χ1n) is 11.5. The van der Waals surface area contributed by atoms with Crippen LogP contribution in [-0.2, 0) is 25.1 Å². The monoisotopic (exact) mass is 452 g/mol. The Morgan fingerprint density at radius 3 is 2.18 bits per heavy atom. The van der Waals surface area contributed by atoms with Gasteiger partial charge in [0, 0.05) is 24.3 Å². The first-order chi connectivity index (χ1) is 15.6. The van der Waals surface area contributed by atoms with Gasteiger partial charge in [-0.2, -0.15) is 0 Å². The van der Waals surface area contributed by atoms with E-state index in [1.807, 2.05) is 18.2 Å². The summed E-state index contributed by atoms with van der Waals surface area (Å²) in [7, 11) is 3.28.